The molecule has 2 heterocycles. The van der Waals surface area contributed by atoms with Crippen LogP contribution >= 0.6 is 11.3 Å². The maximum atomic E-state index is 11.2. The van der Waals surface area contributed by atoms with E-state index in [-0.39, 0.29) is 10.6 Å². The van der Waals surface area contributed by atoms with E-state index in [0.29, 0.717) is 24.5 Å². The Labute approximate surface area is 120 Å². The van der Waals surface area contributed by atoms with Crippen molar-refractivity contribution in [1.82, 2.24) is 14.8 Å². The van der Waals surface area contributed by atoms with Gasteiger partial charge in [0.25, 0.3) is 0 Å². The quantitative estimate of drug-likeness (QED) is 0.653. The van der Waals surface area contributed by atoms with Crippen LogP contribution in [0.1, 0.15) is 23.3 Å². The monoisotopic (exact) mass is 295 g/mol. The number of hydrogen-bond donors (Lipinski definition) is 1. The number of anilines is 1. The van der Waals surface area contributed by atoms with Gasteiger partial charge in [-0.2, -0.15) is 5.10 Å². The molecule has 0 atom stereocenters. The largest absolute Gasteiger partial charge is 0.364 e. The topological polar surface area (TPSA) is 85.9 Å². The summed E-state index contributed by atoms with van der Waals surface area (Å²) in [5.74, 6) is 0.458. The third-order valence-corrected chi connectivity index (χ3v) is 3.93. The third kappa shape index (κ3) is 2.96. The molecule has 0 saturated heterocycles. The number of hydrogen-bond acceptors (Lipinski definition) is 6. The van der Waals surface area contributed by atoms with Crippen molar-refractivity contribution in [2.75, 3.05) is 11.9 Å². The summed E-state index contributed by atoms with van der Waals surface area (Å²) in [6, 6.07) is 0. The van der Waals surface area contributed by atoms with E-state index in [2.05, 4.69) is 15.4 Å². The van der Waals surface area contributed by atoms with E-state index >= 15 is 0 Å². The Hall–Kier alpha value is -1.96. The molecular weight excluding hydrogens is 278 g/mol. The molecule has 8 heteroatoms. The Kier molecular flexibility index (Phi) is 4.33. The molecule has 2 rings (SSSR count). The van der Waals surface area contributed by atoms with Crippen LogP contribution in [0.5, 0.6) is 0 Å². The number of aromatic nitrogens is 3. The summed E-state index contributed by atoms with van der Waals surface area (Å²) in [4.78, 5) is 15.1. The average molecular weight is 295 g/mol. The van der Waals surface area contributed by atoms with Crippen molar-refractivity contribution in [2.45, 2.75) is 26.7 Å². The number of nitrogens with one attached hydrogen (secondary N) is 1. The highest BCUT2D eigenvalue weighted by molar-refractivity contribution is 7.09. The molecule has 2 aromatic heterocycles. The van der Waals surface area contributed by atoms with Crippen molar-refractivity contribution in [3.8, 4) is 0 Å². The van der Waals surface area contributed by atoms with Gasteiger partial charge < -0.3 is 5.32 Å². The van der Waals surface area contributed by atoms with Gasteiger partial charge in [-0.3, -0.25) is 10.1 Å². The van der Waals surface area contributed by atoms with E-state index in [1.165, 1.54) is 4.68 Å². The zero-order chi connectivity index (χ0) is 14.7. The molecule has 0 radical (unpaired) electrons. The summed E-state index contributed by atoms with van der Waals surface area (Å²) in [6.07, 6.45) is 1.28. The van der Waals surface area contributed by atoms with Gasteiger partial charge in [-0.25, -0.2) is 9.67 Å². The molecule has 0 unspecified atom stereocenters. The van der Waals surface area contributed by atoms with E-state index in [4.69, 9.17) is 0 Å². The summed E-state index contributed by atoms with van der Waals surface area (Å²) in [7, 11) is 1.71. The van der Waals surface area contributed by atoms with Gasteiger partial charge in [-0.1, -0.05) is 6.92 Å². The molecule has 0 bridgehead atoms. The number of rotatable bonds is 6. The first-order chi connectivity index (χ1) is 9.52. The van der Waals surface area contributed by atoms with Crippen molar-refractivity contribution in [3.05, 3.63) is 31.9 Å². The molecule has 0 fully saturated rings. The normalized spacial score (nSPS) is 10.8. The van der Waals surface area contributed by atoms with E-state index in [0.717, 1.165) is 17.1 Å². The van der Waals surface area contributed by atoms with Gasteiger partial charge in [0, 0.05) is 31.1 Å². The van der Waals surface area contributed by atoms with Crippen LogP contribution < -0.4 is 5.32 Å². The molecular formula is C12H17N5O2S. The van der Waals surface area contributed by atoms with Gasteiger partial charge in [-0.15, -0.1) is 11.3 Å². The summed E-state index contributed by atoms with van der Waals surface area (Å²) >= 11 is 1.60. The van der Waals surface area contributed by atoms with Crippen LogP contribution in [0.25, 0.3) is 0 Å². The van der Waals surface area contributed by atoms with Gasteiger partial charge in [0.1, 0.15) is 5.69 Å². The summed E-state index contributed by atoms with van der Waals surface area (Å²) < 4.78 is 1.53. The molecule has 0 aliphatic heterocycles. The SMILES string of the molecule is CCc1nn(C)c(NCCc2nc(C)cs2)c1[N+](=O)[O-]. The molecule has 2 aromatic rings. The van der Waals surface area contributed by atoms with Gasteiger partial charge in [-0.05, 0) is 13.3 Å². The van der Waals surface area contributed by atoms with Crippen molar-refractivity contribution in [2.24, 2.45) is 7.05 Å². The lowest BCUT2D eigenvalue weighted by Gasteiger charge is -2.04. The lowest BCUT2D eigenvalue weighted by Crippen LogP contribution is -2.10. The third-order valence-electron chi connectivity index (χ3n) is 2.91. The predicted octanol–water partition coefficient (Wildman–Crippen LogP) is 2.31. The van der Waals surface area contributed by atoms with Crippen molar-refractivity contribution in [1.29, 1.82) is 0 Å². The highest BCUT2D eigenvalue weighted by Crippen LogP contribution is 2.28. The highest BCUT2D eigenvalue weighted by Gasteiger charge is 2.25. The summed E-state index contributed by atoms with van der Waals surface area (Å²) in [5.41, 5.74) is 1.58. The van der Waals surface area contributed by atoms with Crippen molar-refractivity contribution < 1.29 is 4.92 Å². The zero-order valence-corrected chi connectivity index (χ0v) is 12.5. The minimum atomic E-state index is -0.373. The summed E-state index contributed by atoms with van der Waals surface area (Å²) in [6.45, 7) is 4.40. The summed E-state index contributed by atoms with van der Waals surface area (Å²) in [5, 5.41) is 21.5. The van der Waals surface area contributed by atoms with Gasteiger partial charge in [0.15, 0.2) is 0 Å². The average Bonchev–Trinajstić information content (AvgIpc) is 2.94. The molecule has 0 saturated carbocycles. The van der Waals surface area contributed by atoms with Gasteiger partial charge >= 0.3 is 5.69 Å². The fourth-order valence-corrected chi connectivity index (χ4v) is 2.78. The second-order valence-electron chi connectivity index (χ2n) is 4.44. The Balaban J connectivity index is 2.09. The second-order valence-corrected chi connectivity index (χ2v) is 5.38. The molecule has 0 aliphatic carbocycles. The molecule has 0 aliphatic rings. The number of nitrogens with zero attached hydrogens (tertiary/aromatic N) is 4. The van der Waals surface area contributed by atoms with Crippen LogP contribution in [0.3, 0.4) is 0 Å². The maximum Gasteiger partial charge on any atom is 0.333 e. The van der Waals surface area contributed by atoms with E-state index in [1.54, 1.807) is 18.4 Å². The molecule has 0 spiro atoms. The first-order valence-corrected chi connectivity index (χ1v) is 7.26. The van der Waals surface area contributed by atoms with Crippen LogP contribution in [0.2, 0.25) is 0 Å². The standard InChI is InChI=1S/C12H17N5O2S/c1-4-9-11(17(18)19)12(16(3)15-9)13-6-5-10-14-8(2)7-20-10/h7,13H,4-6H2,1-3H3. The Morgan fingerprint density at radius 3 is 2.85 bits per heavy atom. The maximum absolute atomic E-state index is 11.2. The van der Waals surface area contributed by atoms with Crippen LogP contribution in [-0.4, -0.2) is 26.2 Å². The van der Waals surface area contributed by atoms with Crippen LogP contribution in [0, 0.1) is 17.0 Å². The molecule has 0 aromatic carbocycles. The number of nitro groups is 1. The molecule has 7 nitrogen and oxygen atoms in total. The van der Waals surface area contributed by atoms with Crippen LogP contribution in [0.4, 0.5) is 11.5 Å². The Morgan fingerprint density at radius 1 is 1.55 bits per heavy atom. The Morgan fingerprint density at radius 2 is 2.30 bits per heavy atom. The lowest BCUT2D eigenvalue weighted by atomic mass is 10.3. The van der Waals surface area contributed by atoms with Crippen LogP contribution in [-0.2, 0) is 19.9 Å². The molecule has 108 valence electrons. The first-order valence-electron chi connectivity index (χ1n) is 6.38. The van der Waals surface area contributed by atoms with Gasteiger partial charge in [0.2, 0.25) is 5.82 Å². The fraction of sp³-hybridized carbons (Fsp3) is 0.500. The minimum Gasteiger partial charge on any atom is -0.364 e. The fourth-order valence-electron chi connectivity index (χ4n) is 2.00. The zero-order valence-electron chi connectivity index (χ0n) is 11.7. The predicted molar refractivity (Wildman–Crippen MR) is 78.3 cm³/mol. The minimum absolute atomic E-state index is 0.0744. The van der Waals surface area contributed by atoms with Crippen LogP contribution in [0.15, 0.2) is 5.38 Å². The first kappa shape index (κ1) is 14.4. The van der Waals surface area contributed by atoms with E-state index < -0.39 is 0 Å². The molecule has 20 heavy (non-hydrogen) atoms. The second kappa shape index (κ2) is 6.00. The lowest BCUT2D eigenvalue weighted by molar-refractivity contribution is -0.384. The number of aryl methyl sites for hydroxylation is 3. The smallest absolute Gasteiger partial charge is 0.333 e. The van der Waals surface area contributed by atoms with Gasteiger partial charge in [0.05, 0.1) is 9.93 Å². The van der Waals surface area contributed by atoms with E-state index in [9.17, 15) is 10.1 Å². The van der Waals surface area contributed by atoms with Crippen molar-refractivity contribution in [3.63, 3.8) is 0 Å². The Bertz CT molecular complexity index is 619. The molecule has 1 N–H and O–H groups in total. The number of thiazole rings is 1. The van der Waals surface area contributed by atoms with Crippen molar-refractivity contribution >= 4 is 22.8 Å². The van der Waals surface area contributed by atoms with E-state index in [1.807, 2.05) is 19.2 Å². The molecule has 0 amide bonds. The highest BCUT2D eigenvalue weighted by atomic mass is 32.1.